The standard InChI is InChI=1S/C22H20N4OS2/c1-26(2)7-8-27-20-12-28-22-11-15-17(5-6-23-18(15)10-16(20)22)25-14-3-4-21-19(9-14)24-13-29-21/h3-6,9-13H,7-8H2,1-2H3,(H,23,25). The van der Waals surface area contributed by atoms with Crippen molar-refractivity contribution in [2.75, 3.05) is 32.6 Å². The van der Waals surface area contributed by atoms with E-state index in [1.807, 2.05) is 31.9 Å². The number of thiophene rings is 1. The van der Waals surface area contributed by atoms with Gasteiger partial charge in [0.2, 0.25) is 0 Å². The van der Waals surface area contributed by atoms with Crippen molar-refractivity contribution in [1.29, 1.82) is 0 Å². The molecule has 3 heterocycles. The topological polar surface area (TPSA) is 50.3 Å². The van der Waals surface area contributed by atoms with Gasteiger partial charge in [0.05, 0.1) is 21.2 Å². The molecule has 5 nitrogen and oxygen atoms in total. The van der Waals surface area contributed by atoms with E-state index in [9.17, 15) is 0 Å². The number of aromatic nitrogens is 2. The van der Waals surface area contributed by atoms with Crippen molar-refractivity contribution < 1.29 is 4.74 Å². The third-order valence-corrected chi connectivity index (χ3v) is 6.54. The van der Waals surface area contributed by atoms with E-state index in [2.05, 4.69) is 55.9 Å². The van der Waals surface area contributed by atoms with Gasteiger partial charge in [0.1, 0.15) is 12.4 Å². The molecule has 0 aliphatic heterocycles. The molecule has 3 aromatic heterocycles. The van der Waals surface area contributed by atoms with Gasteiger partial charge in [-0.25, -0.2) is 4.98 Å². The molecular formula is C22H20N4OS2. The Morgan fingerprint density at radius 3 is 2.79 bits per heavy atom. The van der Waals surface area contributed by atoms with Gasteiger partial charge in [-0.2, -0.15) is 0 Å². The minimum atomic E-state index is 0.672. The third-order valence-electron chi connectivity index (χ3n) is 4.81. The monoisotopic (exact) mass is 420 g/mol. The average Bonchev–Trinajstić information content (AvgIpc) is 3.33. The van der Waals surface area contributed by atoms with E-state index in [1.54, 1.807) is 22.7 Å². The fourth-order valence-corrected chi connectivity index (χ4v) is 4.85. The molecule has 0 fully saturated rings. The SMILES string of the molecule is CN(C)CCOc1csc2cc3c(Nc4ccc5scnc5c4)ccnc3cc12. The number of anilines is 2. The van der Waals surface area contributed by atoms with E-state index in [0.717, 1.165) is 45.5 Å². The molecule has 0 saturated carbocycles. The summed E-state index contributed by atoms with van der Waals surface area (Å²) in [6.07, 6.45) is 1.84. The van der Waals surface area contributed by atoms with Crippen molar-refractivity contribution in [3.63, 3.8) is 0 Å². The zero-order chi connectivity index (χ0) is 19.8. The second-order valence-electron chi connectivity index (χ2n) is 7.14. The number of pyridine rings is 1. The minimum absolute atomic E-state index is 0.672. The summed E-state index contributed by atoms with van der Waals surface area (Å²) in [5.41, 5.74) is 5.90. The molecule has 0 radical (unpaired) electrons. The molecule has 29 heavy (non-hydrogen) atoms. The van der Waals surface area contributed by atoms with Crippen LogP contribution in [0.1, 0.15) is 0 Å². The zero-order valence-electron chi connectivity index (χ0n) is 16.2. The summed E-state index contributed by atoms with van der Waals surface area (Å²) in [7, 11) is 4.10. The fraction of sp³-hybridized carbons (Fsp3) is 0.182. The van der Waals surface area contributed by atoms with E-state index < -0.39 is 0 Å². The molecule has 5 aromatic rings. The molecule has 0 unspecified atom stereocenters. The van der Waals surface area contributed by atoms with Crippen LogP contribution in [0.25, 0.3) is 31.2 Å². The highest BCUT2D eigenvalue weighted by Gasteiger charge is 2.11. The maximum absolute atomic E-state index is 6.00. The van der Waals surface area contributed by atoms with Crippen molar-refractivity contribution in [2.24, 2.45) is 0 Å². The van der Waals surface area contributed by atoms with Crippen LogP contribution in [0.4, 0.5) is 11.4 Å². The van der Waals surface area contributed by atoms with Gasteiger partial charge in [0.15, 0.2) is 0 Å². The summed E-state index contributed by atoms with van der Waals surface area (Å²) < 4.78 is 8.39. The average molecular weight is 421 g/mol. The van der Waals surface area contributed by atoms with Crippen molar-refractivity contribution in [3.8, 4) is 5.75 Å². The molecule has 146 valence electrons. The molecule has 0 saturated heterocycles. The van der Waals surface area contributed by atoms with Crippen LogP contribution in [0.2, 0.25) is 0 Å². The molecular weight excluding hydrogens is 400 g/mol. The molecule has 0 bridgehead atoms. The van der Waals surface area contributed by atoms with Gasteiger partial charge in [-0.15, -0.1) is 22.7 Å². The molecule has 0 amide bonds. The quantitative estimate of drug-likeness (QED) is 0.379. The molecule has 2 aromatic carbocycles. The van der Waals surface area contributed by atoms with E-state index in [0.29, 0.717) is 6.61 Å². The maximum atomic E-state index is 6.00. The van der Waals surface area contributed by atoms with Gasteiger partial charge >= 0.3 is 0 Å². The fourth-order valence-electron chi connectivity index (χ4n) is 3.29. The summed E-state index contributed by atoms with van der Waals surface area (Å²) >= 11 is 3.36. The smallest absolute Gasteiger partial charge is 0.137 e. The third kappa shape index (κ3) is 3.64. The number of thiazole rings is 1. The molecule has 5 rings (SSSR count). The zero-order valence-corrected chi connectivity index (χ0v) is 17.8. The lowest BCUT2D eigenvalue weighted by atomic mass is 10.1. The van der Waals surface area contributed by atoms with Crippen LogP contribution in [-0.4, -0.2) is 42.1 Å². The Balaban J connectivity index is 1.50. The molecule has 0 atom stereocenters. The van der Waals surface area contributed by atoms with Gasteiger partial charge in [0.25, 0.3) is 0 Å². The first kappa shape index (κ1) is 18.3. The Kier molecular flexibility index (Phi) is 4.79. The number of benzene rings is 2. The highest BCUT2D eigenvalue weighted by Crippen LogP contribution is 2.37. The van der Waals surface area contributed by atoms with E-state index in [1.165, 1.54) is 9.40 Å². The largest absolute Gasteiger partial charge is 0.491 e. The van der Waals surface area contributed by atoms with Gasteiger partial charge in [-0.3, -0.25) is 4.98 Å². The van der Waals surface area contributed by atoms with Crippen molar-refractivity contribution >= 4 is 65.3 Å². The van der Waals surface area contributed by atoms with Crippen LogP contribution >= 0.6 is 22.7 Å². The lowest BCUT2D eigenvalue weighted by Crippen LogP contribution is -2.19. The number of rotatable bonds is 6. The van der Waals surface area contributed by atoms with Crippen LogP contribution < -0.4 is 10.1 Å². The number of nitrogens with zero attached hydrogens (tertiary/aromatic N) is 3. The normalized spacial score (nSPS) is 11.7. The Hall–Kier alpha value is -2.74. The number of nitrogens with one attached hydrogen (secondary N) is 1. The lowest BCUT2D eigenvalue weighted by Gasteiger charge is -2.11. The first-order chi connectivity index (χ1) is 14.2. The molecule has 7 heteroatoms. The summed E-state index contributed by atoms with van der Waals surface area (Å²) in [6.45, 7) is 1.56. The first-order valence-corrected chi connectivity index (χ1v) is 11.1. The second kappa shape index (κ2) is 7.59. The Morgan fingerprint density at radius 2 is 1.90 bits per heavy atom. The molecule has 0 aliphatic rings. The van der Waals surface area contributed by atoms with Gasteiger partial charge < -0.3 is 15.0 Å². The number of fused-ring (bicyclic) bond motifs is 3. The lowest BCUT2D eigenvalue weighted by molar-refractivity contribution is 0.264. The summed E-state index contributed by atoms with van der Waals surface area (Å²) in [5, 5.41) is 7.84. The number of likely N-dealkylation sites (N-methyl/N-ethyl adjacent to an activating group) is 1. The van der Waals surface area contributed by atoms with Crippen LogP contribution in [0.15, 0.2) is 53.5 Å². The predicted molar refractivity (Wildman–Crippen MR) is 124 cm³/mol. The van der Waals surface area contributed by atoms with E-state index >= 15 is 0 Å². The Bertz CT molecular complexity index is 1310. The Morgan fingerprint density at radius 1 is 0.966 bits per heavy atom. The molecule has 0 aliphatic carbocycles. The number of hydrogen-bond acceptors (Lipinski definition) is 7. The number of ether oxygens (including phenoxy) is 1. The summed E-state index contributed by atoms with van der Waals surface area (Å²) in [5.74, 6) is 0.933. The minimum Gasteiger partial charge on any atom is -0.491 e. The van der Waals surface area contributed by atoms with Gasteiger partial charge in [0, 0.05) is 45.0 Å². The van der Waals surface area contributed by atoms with E-state index in [4.69, 9.17) is 4.74 Å². The molecule has 0 spiro atoms. The van der Waals surface area contributed by atoms with Crippen LogP contribution in [0.5, 0.6) is 5.75 Å². The maximum Gasteiger partial charge on any atom is 0.137 e. The molecule has 1 N–H and O–H groups in total. The van der Waals surface area contributed by atoms with Crippen molar-refractivity contribution in [2.45, 2.75) is 0 Å². The highest BCUT2D eigenvalue weighted by atomic mass is 32.1. The first-order valence-electron chi connectivity index (χ1n) is 9.35. The Labute approximate surface area is 176 Å². The van der Waals surface area contributed by atoms with Gasteiger partial charge in [-0.1, -0.05) is 0 Å². The summed E-state index contributed by atoms with van der Waals surface area (Å²) in [4.78, 5) is 11.1. The van der Waals surface area contributed by atoms with Crippen LogP contribution in [-0.2, 0) is 0 Å². The highest BCUT2D eigenvalue weighted by molar-refractivity contribution is 7.17. The second-order valence-corrected chi connectivity index (χ2v) is 8.93. The van der Waals surface area contributed by atoms with Gasteiger partial charge in [-0.05, 0) is 50.5 Å². The predicted octanol–water partition coefficient (Wildman–Crippen LogP) is 5.74. The van der Waals surface area contributed by atoms with Crippen molar-refractivity contribution in [3.05, 3.63) is 53.5 Å². The number of hydrogen-bond donors (Lipinski definition) is 1. The van der Waals surface area contributed by atoms with Crippen LogP contribution in [0, 0.1) is 0 Å². The van der Waals surface area contributed by atoms with E-state index in [-0.39, 0.29) is 0 Å². The summed E-state index contributed by atoms with van der Waals surface area (Å²) in [6, 6.07) is 12.6. The van der Waals surface area contributed by atoms with Crippen molar-refractivity contribution in [1.82, 2.24) is 14.9 Å². The van der Waals surface area contributed by atoms with Crippen LogP contribution in [0.3, 0.4) is 0 Å².